The molecule has 2 saturated heterocycles. The molecular weight excluding hydrogens is 761 g/mol. The van der Waals surface area contributed by atoms with Crippen molar-refractivity contribution in [3.05, 3.63) is 58.9 Å². The normalized spacial score (nSPS) is 17.4. The van der Waals surface area contributed by atoms with Crippen molar-refractivity contribution in [2.75, 3.05) is 118 Å². The maximum absolute atomic E-state index is 14.1. The second-order valence-corrected chi connectivity index (χ2v) is 13.7. The average Bonchev–Trinajstić information content (AvgIpc) is 3.48. The number of methoxy groups -OCH3 is 1. The highest BCUT2D eigenvalue weighted by Crippen LogP contribution is 2.32. The number of likely N-dealkylation sites (tertiary alicyclic amines) is 1. The summed E-state index contributed by atoms with van der Waals surface area (Å²) < 4.78 is 52.6. The van der Waals surface area contributed by atoms with Crippen LogP contribution in [0.1, 0.15) is 56.8 Å². The van der Waals surface area contributed by atoms with Crippen molar-refractivity contribution in [1.82, 2.24) is 20.4 Å². The Morgan fingerprint density at radius 3 is 1.98 bits per heavy atom. The van der Waals surface area contributed by atoms with Crippen molar-refractivity contribution in [2.24, 2.45) is 0 Å². The van der Waals surface area contributed by atoms with Gasteiger partial charge in [-0.05, 0) is 49.6 Å². The first kappa shape index (κ1) is 44.5. The molecule has 2 aromatic carbocycles. The second-order valence-electron chi connectivity index (χ2n) is 13.7. The van der Waals surface area contributed by atoms with E-state index in [0.29, 0.717) is 97.3 Å². The van der Waals surface area contributed by atoms with E-state index in [1.54, 1.807) is 18.2 Å². The molecule has 3 aliphatic rings. The Kier molecular flexibility index (Phi) is 18.2. The Balaban J connectivity index is 0.771. The average molecular weight is 816 g/mol. The fourth-order valence-corrected chi connectivity index (χ4v) is 6.68. The van der Waals surface area contributed by atoms with Gasteiger partial charge >= 0.3 is 0 Å². The third-order valence-electron chi connectivity index (χ3n) is 9.78. The van der Waals surface area contributed by atoms with Gasteiger partial charge in [0.05, 0.1) is 103 Å². The number of hydrogen-bond donors (Lipinski definition) is 3. The summed E-state index contributed by atoms with van der Waals surface area (Å²) in [5, 5.41) is 8.26. The summed E-state index contributed by atoms with van der Waals surface area (Å²) in [4.78, 5) is 65.7. The maximum Gasteiger partial charge on any atom is 0.264 e. The van der Waals surface area contributed by atoms with Gasteiger partial charge in [0.15, 0.2) is 0 Å². The molecule has 0 saturated carbocycles. The van der Waals surface area contributed by atoms with Gasteiger partial charge in [0.1, 0.15) is 17.6 Å². The van der Waals surface area contributed by atoms with Gasteiger partial charge in [0.25, 0.3) is 17.7 Å². The highest BCUT2D eigenvalue weighted by Gasteiger charge is 2.45. The Bertz CT molecular complexity index is 1690. The molecule has 318 valence electrons. The van der Waals surface area contributed by atoms with Crippen LogP contribution < -0.4 is 20.7 Å². The number of carbonyl (C=O) groups excluding carboxylic acids is 5. The molecule has 3 heterocycles. The van der Waals surface area contributed by atoms with E-state index < -0.39 is 41.4 Å². The molecule has 17 nitrogen and oxygen atoms in total. The number of halogens is 1. The first-order chi connectivity index (χ1) is 28.3. The van der Waals surface area contributed by atoms with E-state index >= 15 is 0 Å². The van der Waals surface area contributed by atoms with E-state index in [-0.39, 0.29) is 35.6 Å². The molecule has 5 rings (SSSR count). The summed E-state index contributed by atoms with van der Waals surface area (Å²) in [5.41, 5.74) is 0.878. The molecule has 0 aliphatic carbocycles. The molecule has 2 fully saturated rings. The van der Waals surface area contributed by atoms with Crippen LogP contribution in [0, 0.1) is 5.82 Å². The number of fused-ring (bicyclic) bond motifs is 1. The zero-order valence-electron chi connectivity index (χ0n) is 32.9. The molecular formula is C40H54FN5O12. The summed E-state index contributed by atoms with van der Waals surface area (Å²) in [6, 6.07) is 8.01. The van der Waals surface area contributed by atoms with Crippen LogP contribution in [0.5, 0.6) is 5.75 Å². The van der Waals surface area contributed by atoms with E-state index in [9.17, 15) is 28.4 Å². The van der Waals surface area contributed by atoms with Crippen LogP contribution in [-0.4, -0.2) is 164 Å². The van der Waals surface area contributed by atoms with Gasteiger partial charge in [-0.2, -0.15) is 0 Å². The minimum absolute atomic E-state index is 0.00684. The van der Waals surface area contributed by atoms with Gasteiger partial charge < -0.3 is 48.7 Å². The quantitative estimate of drug-likeness (QED) is 0.0917. The molecule has 1 atom stereocenters. The van der Waals surface area contributed by atoms with Gasteiger partial charge in [-0.3, -0.25) is 34.2 Å². The molecule has 0 bridgehead atoms. The summed E-state index contributed by atoms with van der Waals surface area (Å²) in [6.45, 7) is 8.02. The van der Waals surface area contributed by atoms with Crippen molar-refractivity contribution < 1.29 is 61.5 Å². The van der Waals surface area contributed by atoms with E-state index in [2.05, 4.69) is 20.9 Å². The minimum atomic E-state index is -1.02. The summed E-state index contributed by atoms with van der Waals surface area (Å²) in [7, 11) is 1.48. The van der Waals surface area contributed by atoms with Crippen LogP contribution in [0.25, 0.3) is 0 Å². The largest absolute Gasteiger partial charge is 0.497 e. The Labute approximate surface area is 337 Å². The van der Waals surface area contributed by atoms with Crippen molar-refractivity contribution in [1.29, 1.82) is 0 Å². The first-order valence-corrected chi connectivity index (χ1v) is 19.7. The van der Waals surface area contributed by atoms with Crippen molar-refractivity contribution >= 4 is 35.2 Å². The lowest BCUT2D eigenvalue weighted by Gasteiger charge is -2.32. The van der Waals surface area contributed by atoms with Crippen LogP contribution in [0.15, 0.2) is 36.4 Å². The fraction of sp³-hybridized carbons (Fsp3) is 0.575. The SMILES string of the molecule is COc1ccc(F)c(C(=O)NC2CCN(CCOCCOCCOCCOCCOCCOCCNc3cccc4c3C(=O)N(C3CCC(=O)NC3=O)C4=O)CC2)c1. The summed E-state index contributed by atoms with van der Waals surface area (Å²) in [5.74, 6) is -2.75. The number of benzene rings is 2. The molecule has 2 aromatic rings. The summed E-state index contributed by atoms with van der Waals surface area (Å²) >= 11 is 0. The van der Waals surface area contributed by atoms with Crippen LogP contribution in [0.4, 0.5) is 10.1 Å². The predicted octanol–water partition coefficient (Wildman–Crippen LogP) is 1.64. The lowest BCUT2D eigenvalue weighted by Crippen LogP contribution is -2.54. The fourth-order valence-electron chi connectivity index (χ4n) is 6.68. The molecule has 0 spiro atoms. The van der Waals surface area contributed by atoms with E-state index in [1.807, 2.05) is 0 Å². The first-order valence-electron chi connectivity index (χ1n) is 19.7. The third kappa shape index (κ3) is 13.2. The van der Waals surface area contributed by atoms with Gasteiger partial charge in [0.2, 0.25) is 11.8 Å². The topological polar surface area (TPSA) is 193 Å². The Hall–Kier alpha value is -4.56. The van der Waals surface area contributed by atoms with Crippen LogP contribution >= 0.6 is 0 Å². The van der Waals surface area contributed by atoms with E-state index in [4.69, 9.17) is 33.2 Å². The molecule has 0 radical (unpaired) electrons. The Morgan fingerprint density at radius 1 is 0.776 bits per heavy atom. The molecule has 58 heavy (non-hydrogen) atoms. The number of ether oxygens (including phenoxy) is 7. The van der Waals surface area contributed by atoms with Crippen LogP contribution in [-0.2, 0) is 38.0 Å². The van der Waals surface area contributed by atoms with Crippen LogP contribution in [0.2, 0.25) is 0 Å². The van der Waals surface area contributed by atoms with Gasteiger partial charge in [-0.1, -0.05) is 6.07 Å². The highest BCUT2D eigenvalue weighted by molar-refractivity contribution is 6.25. The lowest BCUT2D eigenvalue weighted by atomic mass is 10.0. The summed E-state index contributed by atoms with van der Waals surface area (Å²) in [6.07, 6.45) is 1.73. The van der Waals surface area contributed by atoms with Gasteiger partial charge in [-0.15, -0.1) is 0 Å². The predicted molar refractivity (Wildman–Crippen MR) is 206 cm³/mol. The molecule has 3 N–H and O–H groups in total. The highest BCUT2D eigenvalue weighted by atomic mass is 19.1. The number of nitrogens with one attached hydrogen (secondary N) is 3. The van der Waals surface area contributed by atoms with Gasteiger partial charge in [-0.25, -0.2) is 4.39 Å². The number of rotatable bonds is 26. The molecule has 18 heteroatoms. The van der Waals surface area contributed by atoms with Crippen molar-refractivity contribution in [2.45, 2.75) is 37.8 Å². The number of amides is 5. The lowest BCUT2D eigenvalue weighted by molar-refractivity contribution is -0.136. The van der Waals surface area contributed by atoms with Crippen molar-refractivity contribution in [3.63, 3.8) is 0 Å². The second kappa shape index (κ2) is 23.7. The molecule has 0 aromatic heterocycles. The van der Waals surface area contributed by atoms with Crippen LogP contribution in [0.3, 0.4) is 0 Å². The maximum atomic E-state index is 14.1. The molecule has 5 amide bonds. The number of carbonyl (C=O) groups is 5. The zero-order chi connectivity index (χ0) is 41.1. The number of hydrogen-bond acceptors (Lipinski definition) is 14. The number of nitrogens with zero attached hydrogens (tertiary/aromatic N) is 2. The van der Waals surface area contributed by atoms with E-state index in [1.165, 1.54) is 25.3 Å². The van der Waals surface area contributed by atoms with E-state index in [0.717, 1.165) is 37.4 Å². The standard InChI is InChI=1S/C40H54FN5O12/c1-52-29-5-6-32(41)31(27-29)37(48)43-28-9-12-45(13-10-28)14-16-54-18-20-56-22-24-58-26-25-57-23-21-55-19-17-53-15-11-42-33-4-2-3-30-36(33)40(51)46(39(30)50)34-7-8-35(47)44-38(34)49/h2-6,27-28,34,42H,7-26H2,1H3,(H,43,48)(H,44,47,49). The molecule has 3 aliphatic heterocycles. The van der Waals surface area contributed by atoms with Crippen molar-refractivity contribution in [3.8, 4) is 5.75 Å². The minimum Gasteiger partial charge on any atom is -0.497 e. The smallest absolute Gasteiger partial charge is 0.264 e. The third-order valence-corrected chi connectivity index (χ3v) is 9.78. The number of anilines is 1. The van der Waals surface area contributed by atoms with Gasteiger partial charge in [0, 0.05) is 44.3 Å². The monoisotopic (exact) mass is 815 g/mol. The Morgan fingerprint density at radius 2 is 1.38 bits per heavy atom. The zero-order valence-corrected chi connectivity index (χ0v) is 32.9. The molecule has 1 unspecified atom stereocenters. The number of piperidine rings is 2. The number of imide groups is 2.